The van der Waals surface area contributed by atoms with Crippen LogP contribution in [0.4, 0.5) is 0 Å². The van der Waals surface area contributed by atoms with Crippen molar-refractivity contribution in [2.24, 2.45) is 0 Å². The van der Waals surface area contributed by atoms with E-state index in [2.05, 4.69) is 37.4 Å². The van der Waals surface area contributed by atoms with Crippen LogP contribution < -0.4 is 0 Å². The zero-order valence-electron chi connectivity index (χ0n) is 13.6. The molecule has 0 radical (unpaired) electrons. The second kappa shape index (κ2) is 6.61. The summed E-state index contributed by atoms with van der Waals surface area (Å²) in [5.41, 5.74) is 3.68. The molecule has 4 rings (SSSR count). The summed E-state index contributed by atoms with van der Waals surface area (Å²) in [5.74, 6) is 1.50. The Balaban J connectivity index is 1.55. The molecule has 1 atom stereocenters. The highest BCUT2D eigenvalue weighted by molar-refractivity contribution is 7.96. The van der Waals surface area contributed by atoms with Crippen molar-refractivity contribution in [3.8, 4) is 0 Å². The molecular formula is C17H23N5S. The molecule has 1 saturated carbocycles. The van der Waals surface area contributed by atoms with Crippen molar-refractivity contribution >= 4 is 11.9 Å². The molecule has 0 N–H and O–H groups in total. The van der Waals surface area contributed by atoms with Crippen LogP contribution in [0.25, 0.3) is 0 Å². The fourth-order valence-electron chi connectivity index (χ4n) is 3.37. The lowest BCUT2D eigenvalue weighted by molar-refractivity contribution is 0.182. The standard InChI is InChI=1S/C17H23N5S/c1-21-11-5-3-7-15(21)16-17(13-8-9-13)22(20-19-16)23-12-14-6-2-4-10-18-14/h2,4,6,10,13,15H,3,5,7-9,11-12H2,1H3. The van der Waals surface area contributed by atoms with Crippen molar-refractivity contribution in [3.63, 3.8) is 0 Å². The molecular weight excluding hydrogens is 306 g/mol. The lowest BCUT2D eigenvalue weighted by atomic mass is 9.98. The van der Waals surface area contributed by atoms with Gasteiger partial charge in [-0.2, -0.15) is 4.09 Å². The molecule has 6 heteroatoms. The second-order valence-corrected chi connectivity index (χ2v) is 7.49. The molecule has 2 aliphatic rings. The summed E-state index contributed by atoms with van der Waals surface area (Å²) in [6.07, 6.45) is 8.21. The third kappa shape index (κ3) is 3.28. The summed E-state index contributed by atoms with van der Waals surface area (Å²) in [4.78, 5) is 6.85. The van der Waals surface area contributed by atoms with E-state index in [-0.39, 0.29) is 0 Å². The van der Waals surface area contributed by atoms with Gasteiger partial charge in [-0.05, 0) is 63.4 Å². The zero-order valence-corrected chi connectivity index (χ0v) is 14.4. The highest BCUT2D eigenvalue weighted by atomic mass is 32.2. The van der Waals surface area contributed by atoms with Crippen LogP contribution >= 0.6 is 11.9 Å². The second-order valence-electron chi connectivity index (χ2n) is 6.59. The number of rotatable bonds is 5. The van der Waals surface area contributed by atoms with E-state index in [0.29, 0.717) is 12.0 Å². The fourth-order valence-corrected chi connectivity index (χ4v) is 4.27. The molecule has 5 nitrogen and oxygen atoms in total. The number of hydrogen-bond acceptors (Lipinski definition) is 5. The van der Waals surface area contributed by atoms with E-state index in [0.717, 1.165) is 11.4 Å². The fraction of sp³-hybridized carbons (Fsp3) is 0.588. The minimum atomic E-state index is 0.448. The van der Waals surface area contributed by atoms with Crippen LogP contribution in [-0.4, -0.2) is 37.9 Å². The molecule has 2 aromatic heterocycles. The molecule has 0 amide bonds. The zero-order chi connectivity index (χ0) is 15.6. The van der Waals surface area contributed by atoms with Gasteiger partial charge in [0.25, 0.3) is 0 Å². The van der Waals surface area contributed by atoms with Crippen molar-refractivity contribution in [3.05, 3.63) is 41.5 Å². The van der Waals surface area contributed by atoms with Crippen LogP contribution in [0, 0.1) is 0 Å². The first-order valence-electron chi connectivity index (χ1n) is 8.52. The first-order chi connectivity index (χ1) is 11.3. The Morgan fingerprint density at radius 2 is 2.13 bits per heavy atom. The Labute approximate surface area is 141 Å². The lowest BCUT2D eigenvalue weighted by Gasteiger charge is -2.31. The Kier molecular flexibility index (Phi) is 4.35. The van der Waals surface area contributed by atoms with Gasteiger partial charge in [-0.15, -0.1) is 5.10 Å². The van der Waals surface area contributed by atoms with Gasteiger partial charge >= 0.3 is 0 Å². The first-order valence-corrected chi connectivity index (χ1v) is 9.46. The van der Waals surface area contributed by atoms with E-state index < -0.39 is 0 Å². The summed E-state index contributed by atoms with van der Waals surface area (Å²) in [6.45, 7) is 1.17. The van der Waals surface area contributed by atoms with Crippen LogP contribution in [0.2, 0.25) is 0 Å². The van der Waals surface area contributed by atoms with E-state index in [1.54, 1.807) is 11.9 Å². The van der Waals surface area contributed by atoms with Crippen LogP contribution in [0.15, 0.2) is 24.4 Å². The maximum Gasteiger partial charge on any atom is 0.104 e. The van der Waals surface area contributed by atoms with Gasteiger partial charge in [0.1, 0.15) is 5.69 Å². The molecule has 23 heavy (non-hydrogen) atoms. The quantitative estimate of drug-likeness (QED) is 0.841. The van der Waals surface area contributed by atoms with Gasteiger partial charge in [0.05, 0.1) is 23.2 Å². The van der Waals surface area contributed by atoms with Gasteiger partial charge in [0, 0.05) is 12.1 Å². The molecule has 3 heterocycles. The minimum Gasteiger partial charge on any atom is -0.298 e. The molecule has 2 fully saturated rings. The lowest BCUT2D eigenvalue weighted by Crippen LogP contribution is -2.30. The average molecular weight is 329 g/mol. The average Bonchev–Trinajstić information content (AvgIpc) is 3.34. The Hall–Kier alpha value is -1.40. The van der Waals surface area contributed by atoms with E-state index in [4.69, 9.17) is 0 Å². The number of aromatic nitrogens is 4. The van der Waals surface area contributed by atoms with Crippen molar-refractivity contribution < 1.29 is 0 Å². The van der Waals surface area contributed by atoms with Gasteiger partial charge in [-0.3, -0.25) is 9.88 Å². The molecule has 1 unspecified atom stereocenters. The highest BCUT2D eigenvalue weighted by Crippen LogP contribution is 2.45. The predicted molar refractivity (Wildman–Crippen MR) is 92.1 cm³/mol. The molecule has 1 aliphatic carbocycles. The number of pyridine rings is 1. The summed E-state index contributed by atoms with van der Waals surface area (Å²) < 4.78 is 2.07. The van der Waals surface area contributed by atoms with E-state index >= 15 is 0 Å². The topological polar surface area (TPSA) is 46.8 Å². The molecule has 1 saturated heterocycles. The number of nitrogens with zero attached hydrogens (tertiary/aromatic N) is 5. The van der Waals surface area contributed by atoms with Crippen molar-refractivity contribution in [2.45, 2.75) is 49.8 Å². The van der Waals surface area contributed by atoms with E-state index in [1.165, 1.54) is 50.0 Å². The monoisotopic (exact) mass is 329 g/mol. The third-order valence-electron chi connectivity index (χ3n) is 4.81. The number of piperidine rings is 1. The summed E-state index contributed by atoms with van der Waals surface area (Å²) in [5, 5.41) is 9.07. The Morgan fingerprint density at radius 3 is 2.87 bits per heavy atom. The minimum absolute atomic E-state index is 0.448. The van der Waals surface area contributed by atoms with Crippen molar-refractivity contribution in [1.82, 2.24) is 24.3 Å². The summed E-state index contributed by atoms with van der Waals surface area (Å²) in [6, 6.07) is 6.50. The molecule has 0 spiro atoms. The summed E-state index contributed by atoms with van der Waals surface area (Å²) in [7, 11) is 2.22. The van der Waals surface area contributed by atoms with Gasteiger partial charge in [-0.25, -0.2) is 0 Å². The first kappa shape index (κ1) is 15.1. The number of likely N-dealkylation sites (tertiary alicyclic amines) is 1. The SMILES string of the molecule is CN1CCCCC1c1nnn(SCc2ccccn2)c1C1CC1. The molecule has 2 aromatic rings. The maximum absolute atomic E-state index is 4.59. The van der Waals surface area contributed by atoms with Crippen LogP contribution in [-0.2, 0) is 5.75 Å². The molecule has 0 bridgehead atoms. The van der Waals surface area contributed by atoms with Crippen molar-refractivity contribution in [1.29, 1.82) is 0 Å². The highest BCUT2D eigenvalue weighted by Gasteiger charge is 2.36. The molecule has 1 aliphatic heterocycles. The van der Waals surface area contributed by atoms with E-state index in [9.17, 15) is 0 Å². The van der Waals surface area contributed by atoms with Gasteiger partial charge in [-0.1, -0.05) is 17.7 Å². The normalized spacial score (nSPS) is 22.4. The van der Waals surface area contributed by atoms with Gasteiger partial charge in [0.2, 0.25) is 0 Å². The maximum atomic E-state index is 4.59. The largest absolute Gasteiger partial charge is 0.298 e. The van der Waals surface area contributed by atoms with Crippen LogP contribution in [0.5, 0.6) is 0 Å². The van der Waals surface area contributed by atoms with E-state index in [1.807, 2.05) is 18.3 Å². The van der Waals surface area contributed by atoms with Crippen molar-refractivity contribution in [2.75, 3.05) is 13.6 Å². The molecule has 122 valence electrons. The predicted octanol–water partition coefficient (Wildman–Crippen LogP) is 3.40. The Bertz CT molecular complexity index is 652. The third-order valence-corrected chi connectivity index (χ3v) is 5.75. The Morgan fingerprint density at radius 1 is 1.22 bits per heavy atom. The number of hydrogen-bond donors (Lipinski definition) is 0. The summed E-state index contributed by atoms with van der Waals surface area (Å²) >= 11 is 1.72. The smallest absolute Gasteiger partial charge is 0.104 e. The van der Waals surface area contributed by atoms with Gasteiger partial charge < -0.3 is 0 Å². The molecule has 0 aromatic carbocycles. The van der Waals surface area contributed by atoms with Crippen LogP contribution in [0.1, 0.15) is 61.1 Å². The van der Waals surface area contributed by atoms with Gasteiger partial charge in [0.15, 0.2) is 0 Å². The van der Waals surface area contributed by atoms with Crippen LogP contribution in [0.3, 0.4) is 0 Å².